The van der Waals surface area contributed by atoms with Gasteiger partial charge in [0.25, 0.3) is 5.91 Å². The van der Waals surface area contributed by atoms with E-state index in [1.807, 2.05) is 37.3 Å². The van der Waals surface area contributed by atoms with Gasteiger partial charge in [0.1, 0.15) is 0 Å². The van der Waals surface area contributed by atoms with Gasteiger partial charge < -0.3 is 10.4 Å². The molecule has 3 rings (SSSR count). The Morgan fingerprint density at radius 2 is 2.05 bits per heavy atom. The van der Waals surface area contributed by atoms with Crippen molar-refractivity contribution in [3.63, 3.8) is 0 Å². The van der Waals surface area contributed by atoms with Crippen LogP contribution < -0.4 is 5.32 Å². The van der Waals surface area contributed by atoms with E-state index in [-0.39, 0.29) is 11.9 Å². The van der Waals surface area contributed by atoms with Crippen LogP contribution in [0.1, 0.15) is 33.1 Å². The molecular formula is C17H16ClNO2. The van der Waals surface area contributed by atoms with E-state index in [1.54, 1.807) is 12.1 Å². The number of aliphatic hydroxyl groups is 1. The minimum absolute atomic E-state index is 0.224. The van der Waals surface area contributed by atoms with E-state index in [0.29, 0.717) is 17.0 Å². The predicted molar refractivity (Wildman–Crippen MR) is 82.5 cm³/mol. The maximum Gasteiger partial charge on any atom is 0.251 e. The first kappa shape index (κ1) is 14.1. The number of rotatable bonds is 2. The summed E-state index contributed by atoms with van der Waals surface area (Å²) in [4.78, 5) is 12.3. The smallest absolute Gasteiger partial charge is 0.251 e. The number of benzene rings is 2. The van der Waals surface area contributed by atoms with Crippen LogP contribution in [0.25, 0.3) is 0 Å². The van der Waals surface area contributed by atoms with Gasteiger partial charge in [0.2, 0.25) is 0 Å². The highest BCUT2D eigenvalue weighted by atomic mass is 35.5. The third kappa shape index (κ3) is 2.67. The summed E-state index contributed by atoms with van der Waals surface area (Å²) in [5.41, 5.74) is 3.50. The monoisotopic (exact) mass is 301 g/mol. The van der Waals surface area contributed by atoms with Gasteiger partial charge in [-0.1, -0.05) is 41.9 Å². The van der Waals surface area contributed by atoms with Crippen molar-refractivity contribution in [2.45, 2.75) is 25.5 Å². The Kier molecular flexibility index (Phi) is 3.70. The molecule has 3 nitrogen and oxygen atoms in total. The average molecular weight is 302 g/mol. The molecule has 0 aromatic heterocycles. The van der Waals surface area contributed by atoms with E-state index in [9.17, 15) is 9.90 Å². The van der Waals surface area contributed by atoms with E-state index in [4.69, 9.17) is 11.6 Å². The summed E-state index contributed by atoms with van der Waals surface area (Å²) in [6, 6.07) is 12.6. The normalized spacial score (nSPS) is 20.1. The molecule has 0 saturated carbocycles. The summed E-state index contributed by atoms with van der Waals surface area (Å²) in [5.74, 6) is -0.224. The molecule has 0 heterocycles. The number of halogens is 1. The third-order valence-corrected chi connectivity index (χ3v) is 4.33. The predicted octanol–water partition coefficient (Wildman–Crippen LogP) is 3.04. The molecule has 0 spiro atoms. The highest BCUT2D eigenvalue weighted by molar-refractivity contribution is 6.31. The first-order valence-corrected chi connectivity index (χ1v) is 7.27. The fourth-order valence-corrected chi connectivity index (χ4v) is 2.89. The summed E-state index contributed by atoms with van der Waals surface area (Å²) in [6.45, 7) is 1.89. The molecule has 4 heteroatoms. The lowest BCUT2D eigenvalue weighted by Crippen LogP contribution is -2.33. The first-order chi connectivity index (χ1) is 10.1. The van der Waals surface area contributed by atoms with Crippen LogP contribution in [0.5, 0.6) is 0 Å². The lowest BCUT2D eigenvalue weighted by molar-refractivity contribution is 0.0858. The first-order valence-electron chi connectivity index (χ1n) is 6.89. The third-order valence-electron chi connectivity index (χ3n) is 3.92. The molecule has 0 fully saturated rings. The highest BCUT2D eigenvalue weighted by Crippen LogP contribution is 2.31. The zero-order valence-corrected chi connectivity index (χ0v) is 12.4. The largest absolute Gasteiger partial charge is 0.390 e. The van der Waals surface area contributed by atoms with Crippen LogP contribution in [-0.2, 0) is 6.42 Å². The Bertz CT molecular complexity index is 699. The van der Waals surface area contributed by atoms with Crippen LogP contribution in [0.4, 0.5) is 0 Å². The maximum absolute atomic E-state index is 12.3. The second kappa shape index (κ2) is 5.51. The van der Waals surface area contributed by atoms with Gasteiger partial charge in [0.15, 0.2) is 0 Å². The van der Waals surface area contributed by atoms with Crippen molar-refractivity contribution in [3.8, 4) is 0 Å². The van der Waals surface area contributed by atoms with Gasteiger partial charge in [-0.25, -0.2) is 0 Å². The van der Waals surface area contributed by atoms with Crippen LogP contribution in [0.15, 0.2) is 42.5 Å². The molecule has 108 valence electrons. The zero-order valence-electron chi connectivity index (χ0n) is 11.6. The number of carbonyl (C=O) groups is 1. The van der Waals surface area contributed by atoms with Gasteiger partial charge in [0, 0.05) is 17.0 Å². The average Bonchev–Trinajstić information content (AvgIpc) is 2.78. The molecule has 1 aliphatic rings. The van der Waals surface area contributed by atoms with Crippen molar-refractivity contribution in [1.29, 1.82) is 0 Å². The summed E-state index contributed by atoms with van der Waals surface area (Å²) >= 11 is 6.05. The maximum atomic E-state index is 12.3. The zero-order chi connectivity index (χ0) is 15.0. The minimum atomic E-state index is -0.590. The SMILES string of the molecule is Cc1ccc(C(=O)N[C@H]2c3ccccc3C[C@H]2O)cc1Cl. The molecule has 0 saturated heterocycles. The highest BCUT2D eigenvalue weighted by Gasteiger charge is 2.32. The lowest BCUT2D eigenvalue weighted by atomic mass is 10.1. The Morgan fingerprint density at radius 3 is 2.81 bits per heavy atom. The fraction of sp³-hybridized carbons (Fsp3) is 0.235. The molecule has 2 atom stereocenters. The number of aryl methyl sites for hydroxylation is 1. The fourth-order valence-electron chi connectivity index (χ4n) is 2.71. The molecule has 0 bridgehead atoms. The van der Waals surface area contributed by atoms with Crippen LogP contribution in [0, 0.1) is 6.92 Å². The quantitative estimate of drug-likeness (QED) is 0.896. The van der Waals surface area contributed by atoms with Gasteiger partial charge in [-0.15, -0.1) is 0 Å². The Morgan fingerprint density at radius 1 is 1.29 bits per heavy atom. The molecule has 1 aliphatic carbocycles. The summed E-state index contributed by atoms with van der Waals surface area (Å²) < 4.78 is 0. The number of fused-ring (bicyclic) bond motifs is 1. The number of aliphatic hydroxyl groups excluding tert-OH is 1. The van der Waals surface area contributed by atoms with Crippen molar-refractivity contribution < 1.29 is 9.90 Å². The number of nitrogens with one attached hydrogen (secondary N) is 1. The summed E-state index contributed by atoms with van der Waals surface area (Å²) in [7, 11) is 0. The molecule has 0 aliphatic heterocycles. The molecular weight excluding hydrogens is 286 g/mol. The van der Waals surface area contributed by atoms with Crippen LogP contribution in [-0.4, -0.2) is 17.1 Å². The van der Waals surface area contributed by atoms with Crippen LogP contribution >= 0.6 is 11.6 Å². The second-order valence-corrected chi connectivity index (χ2v) is 5.79. The van der Waals surface area contributed by atoms with E-state index < -0.39 is 6.10 Å². The second-order valence-electron chi connectivity index (χ2n) is 5.39. The Labute approximate surface area is 128 Å². The van der Waals surface area contributed by atoms with Crippen LogP contribution in [0.2, 0.25) is 5.02 Å². The summed E-state index contributed by atoms with van der Waals surface area (Å²) in [5, 5.41) is 13.6. The van der Waals surface area contributed by atoms with Gasteiger partial charge in [-0.05, 0) is 35.7 Å². The van der Waals surface area contributed by atoms with Crippen molar-refractivity contribution in [3.05, 3.63) is 69.7 Å². The molecule has 2 aromatic rings. The number of hydrogen-bond acceptors (Lipinski definition) is 2. The number of hydrogen-bond donors (Lipinski definition) is 2. The Hall–Kier alpha value is -1.84. The van der Waals surface area contributed by atoms with Crippen molar-refractivity contribution in [1.82, 2.24) is 5.32 Å². The Balaban J connectivity index is 1.83. The van der Waals surface area contributed by atoms with Crippen molar-refractivity contribution in [2.75, 3.05) is 0 Å². The van der Waals surface area contributed by atoms with Gasteiger partial charge in [-0.2, -0.15) is 0 Å². The van der Waals surface area contributed by atoms with E-state index >= 15 is 0 Å². The lowest BCUT2D eigenvalue weighted by Gasteiger charge is -2.18. The van der Waals surface area contributed by atoms with Crippen LogP contribution in [0.3, 0.4) is 0 Å². The summed E-state index contributed by atoms with van der Waals surface area (Å²) in [6.07, 6.45) is -0.0252. The van der Waals surface area contributed by atoms with Gasteiger partial charge in [0.05, 0.1) is 12.1 Å². The number of amides is 1. The van der Waals surface area contributed by atoms with Gasteiger partial charge >= 0.3 is 0 Å². The van der Waals surface area contributed by atoms with E-state index in [1.165, 1.54) is 0 Å². The molecule has 21 heavy (non-hydrogen) atoms. The van der Waals surface area contributed by atoms with Crippen molar-refractivity contribution in [2.24, 2.45) is 0 Å². The molecule has 0 radical (unpaired) electrons. The van der Waals surface area contributed by atoms with Crippen molar-refractivity contribution >= 4 is 17.5 Å². The topological polar surface area (TPSA) is 49.3 Å². The standard InChI is InChI=1S/C17H16ClNO2/c1-10-6-7-12(8-14(10)18)17(21)19-16-13-5-3-2-4-11(13)9-15(16)20/h2-8,15-16,20H,9H2,1H3,(H,19,21)/t15-,16+/m1/s1. The number of carbonyl (C=O) groups excluding carboxylic acids is 1. The molecule has 2 N–H and O–H groups in total. The van der Waals surface area contributed by atoms with E-state index in [2.05, 4.69) is 5.32 Å². The molecule has 2 aromatic carbocycles. The minimum Gasteiger partial charge on any atom is -0.390 e. The molecule has 1 amide bonds. The molecule has 0 unspecified atom stereocenters. The van der Waals surface area contributed by atoms with E-state index in [0.717, 1.165) is 16.7 Å². The van der Waals surface area contributed by atoms with Gasteiger partial charge in [-0.3, -0.25) is 4.79 Å².